The van der Waals surface area contributed by atoms with Crippen LogP contribution in [0, 0.1) is 5.92 Å². The summed E-state index contributed by atoms with van der Waals surface area (Å²) in [5.74, 6) is 0.608. The predicted octanol–water partition coefficient (Wildman–Crippen LogP) is 0.0246. The van der Waals surface area contributed by atoms with E-state index in [9.17, 15) is 4.79 Å². The maximum absolute atomic E-state index is 11.6. The molecule has 1 amide bonds. The van der Waals surface area contributed by atoms with E-state index in [1.165, 1.54) is 0 Å². The van der Waals surface area contributed by atoms with Gasteiger partial charge < -0.3 is 10.6 Å². The van der Waals surface area contributed by atoms with Gasteiger partial charge in [-0.05, 0) is 25.1 Å². The molecule has 1 aromatic heterocycles. The summed E-state index contributed by atoms with van der Waals surface area (Å²) in [6, 6.07) is 3.47. The Labute approximate surface area is 81.9 Å². The third kappa shape index (κ3) is 2.05. The Morgan fingerprint density at radius 3 is 3.21 bits per heavy atom. The fraction of sp³-hybridized carbons (Fsp3) is 0.444. The second-order valence-corrected chi connectivity index (χ2v) is 3.29. The molecule has 5 heteroatoms. The van der Waals surface area contributed by atoms with Crippen LogP contribution in [0.1, 0.15) is 6.42 Å². The lowest BCUT2D eigenvalue weighted by Gasteiger charge is -2.07. The molecule has 1 aliphatic rings. The summed E-state index contributed by atoms with van der Waals surface area (Å²) in [4.78, 5) is 11.6. The molecule has 0 saturated carbocycles. The molecule has 1 aliphatic heterocycles. The minimum Gasteiger partial charge on any atom is -0.316 e. The summed E-state index contributed by atoms with van der Waals surface area (Å²) >= 11 is 0. The summed E-state index contributed by atoms with van der Waals surface area (Å²) < 4.78 is 0. The fourth-order valence-corrected chi connectivity index (χ4v) is 1.47. The monoisotopic (exact) mass is 192 g/mol. The Balaban J connectivity index is 1.94. The minimum atomic E-state index is 0.0236. The van der Waals surface area contributed by atoms with Crippen molar-refractivity contribution in [3.05, 3.63) is 18.3 Å². The average molecular weight is 192 g/mol. The molecule has 1 unspecified atom stereocenters. The van der Waals surface area contributed by atoms with Crippen LogP contribution in [0.4, 0.5) is 5.82 Å². The number of hydrogen-bond acceptors (Lipinski definition) is 4. The quantitative estimate of drug-likeness (QED) is 0.693. The molecule has 1 aromatic rings. The van der Waals surface area contributed by atoms with E-state index in [4.69, 9.17) is 0 Å². The van der Waals surface area contributed by atoms with Crippen LogP contribution >= 0.6 is 0 Å². The lowest BCUT2D eigenvalue weighted by atomic mass is 10.1. The summed E-state index contributed by atoms with van der Waals surface area (Å²) in [6.45, 7) is 1.67. The highest BCUT2D eigenvalue weighted by atomic mass is 16.2. The second-order valence-electron chi connectivity index (χ2n) is 3.29. The Morgan fingerprint density at radius 1 is 1.64 bits per heavy atom. The fourth-order valence-electron chi connectivity index (χ4n) is 1.47. The number of nitrogens with zero attached hydrogens (tertiary/aromatic N) is 2. The smallest absolute Gasteiger partial charge is 0.230 e. The SMILES string of the molecule is O=C(Nc1cccnn1)C1CCNC1. The number of nitrogens with one attached hydrogen (secondary N) is 2. The zero-order valence-electron chi connectivity index (χ0n) is 7.73. The maximum atomic E-state index is 11.6. The van der Waals surface area contributed by atoms with Crippen molar-refractivity contribution < 1.29 is 4.79 Å². The van der Waals surface area contributed by atoms with E-state index >= 15 is 0 Å². The predicted molar refractivity (Wildman–Crippen MR) is 51.6 cm³/mol. The number of aromatic nitrogens is 2. The largest absolute Gasteiger partial charge is 0.316 e. The van der Waals surface area contributed by atoms with Crippen LogP contribution < -0.4 is 10.6 Å². The van der Waals surface area contributed by atoms with Crippen LogP contribution in [0.15, 0.2) is 18.3 Å². The highest BCUT2D eigenvalue weighted by Gasteiger charge is 2.22. The minimum absolute atomic E-state index is 0.0236. The average Bonchev–Trinajstić information content (AvgIpc) is 2.72. The molecule has 1 atom stereocenters. The van der Waals surface area contributed by atoms with Gasteiger partial charge in [-0.25, -0.2) is 0 Å². The number of carbonyl (C=O) groups is 1. The van der Waals surface area contributed by atoms with Gasteiger partial charge in [0.15, 0.2) is 5.82 Å². The molecule has 0 aliphatic carbocycles. The van der Waals surface area contributed by atoms with Crippen LogP contribution in [0.3, 0.4) is 0 Å². The molecule has 14 heavy (non-hydrogen) atoms. The van der Waals surface area contributed by atoms with Crippen molar-refractivity contribution in [1.29, 1.82) is 0 Å². The lowest BCUT2D eigenvalue weighted by Crippen LogP contribution is -2.25. The Bertz CT molecular complexity index is 308. The normalized spacial score (nSPS) is 20.7. The van der Waals surface area contributed by atoms with Gasteiger partial charge in [0.25, 0.3) is 0 Å². The first-order valence-electron chi connectivity index (χ1n) is 4.65. The van der Waals surface area contributed by atoms with Crippen molar-refractivity contribution in [3.63, 3.8) is 0 Å². The van der Waals surface area contributed by atoms with E-state index in [2.05, 4.69) is 20.8 Å². The number of carbonyl (C=O) groups excluding carboxylic acids is 1. The van der Waals surface area contributed by atoms with Gasteiger partial charge in [0.05, 0.1) is 5.92 Å². The molecule has 0 bridgehead atoms. The van der Waals surface area contributed by atoms with Crippen molar-refractivity contribution >= 4 is 11.7 Å². The molecule has 74 valence electrons. The summed E-state index contributed by atoms with van der Waals surface area (Å²) in [6.07, 6.45) is 2.47. The highest BCUT2D eigenvalue weighted by Crippen LogP contribution is 2.10. The Morgan fingerprint density at radius 2 is 2.57 bits per heavy atom. The zero-order valence-corrected chi connectivity index (χ0v) is 7.73. The second kappa shape index (κ2) is 4.15. The first kappa shape index (κ1) is 9.08. The van der Waals surface area contributed by atoms with E-state index in [0.717, 1.165) is 19.5 Å². The van der Waals surface area contributed by atoms with Crippen LogP contribution in [0.25, 0.3) is 0 Å². The molecule has 0 aromatic carbocycles. The molecule has 0 radical (unpaired) electrons. The maximum Gasteiger partial charge on any atom is 0.230 e. The van der Waals surface area contributed by atoms with Gasteiger partial charge in [-0.1, -0.05) is 0 Å². The van der Waals surface area contributed by atoms with E-state index in [1.54, 1.807) is 18.3 Å². The van der Waals surface area contributed by atoms with Crippen LogP contribution in [0.5, 0.6) is 0 Å². The Kier molecular flexibility index (Phi) is 2.69. The molecule has 0 spiro atoms. The van der Waals surface area contributed by atoms with Crippen molar-refractivity contribution in [2.45, 2.75) is 6.42 Å². The number of hydrogen-bond donors (Lipinski definition) is 2. The Hall–Kier alpha value is -1.49. The zero-order chi connectivity index (χ0) is 9.80. The molecule has 1 saturated heterocycles. The van der Waals surface area contributed by atoms with E-state index in [0.29, 0.717) is 5.82 Å². The van der Waals surface area contributed by atoms with Gasteiger partial charge in [-0.15, -0.1) is 5.10 Å². The van der Waals surface area contributed by atoms with Crippen molar-refractivity contribution in [3.8, 4) is 0 Å². The van der Waals surface area contributed by atoms with Gasteiger partial charge >= 0.3 is 0 Å². The van der Waals surface area contributed by atoms with E-state index in [1.807, 2.05) is 0 Å². The van der Waals surface area contributed by atoms with Crippen molar-refractivity contribution in [2.75, 3.05) is 18.4 Å². The lowest BCUT2D eigenvalue weighted by molar-refractivity contribution is -0.119. The van der Waals surface area contributed by atoms with Gasteiger partial charge in [0.2, 0.25) is 5.91 Å². The summed E-state index contributed by atoms with van der Waals surface area (Å²) in [7, 11) is 0. The molecule has 1 fully saturated rings. The van der Waals surface area contributed by atoms with Gasteiger partial charge in [-0.2, -0.15) is 5.10 Å². The van der Waals surface area contributed by atoms with Gasteiger partial charge in [0.1, 0.15) is 0 Å². The molecule has 2 heterocycles. The first-order chi connectivity index (χ1) is 6.86. The summed E-state index contributed by atoms with van der Waals surface area (Å²) in [5, 5.41) is 13.3. The van der Waals surface area contributed by atoms with Gasteiger partial charge in [-0.3, -0.25) is 4.79 Å². The van der Waals surface area contributed by atoms with Crippen LogP contribution in [0.2, 0.25) is 0 Å². The number of amides is 1. The van der Waals surface area contributed by atoms with Crippen molar-refractivity contribution in [1.82, 2.24) is 15.5 Å². The topological polar surface area (TPSA) is 66.9 Å². The molecule has 2 N–H and O–H groups in total. The summed E-state index contributed by atoms with van der Waals surface area (Å²) in [5.41, 5.74) is 0. The van der Waals surface area contributed by atoms with E-state index in [-0.39, 0.29) is 11.8 Å². The standard InChI is InChI=1S/C9H12N4O/c14-9(7-3-5-10-6-7)12-8-2-1-4-11-13-8/h1-2,4,7,10H,3,5-6H2,(H,12,13,14). The molecular formula is C9H12N4O. The van der Waals surface area contributed by atoms with Crippen LogP contribution in [-0.2, 0) is 4.79 Å². The molecular weight excluding hydrogens is 180 g/mol. The third-order valence-corrected chi connectivity index (χ3v) is 2.25. The molecule has 2 rings (SSSR count). The molecule has 5 nitrogen and oxygen atoms in total. The number of rotatable bonds is 2. The van der Waals surface area contributed by atoms with Crippen molar-refractivity contribution in [2.24, 2.45) is 5.92 Å². The van der Waals surface area contributed by atoms with Crippen LogP contribution in [-0.4, -0.2) is 29.2 Å². The van der Waals surface area contributed by atoms with E-state index < -0.39 is 0 Å². The highest BCUT2D eigenvalue weighted by molar-refractivity contribution is 5.91. The third-order valence-electron chi connectivity index (χ3n) is 2.25. The van der Waals surface area contributed by atoms with Gasteiger partial charge in [0, 0.05) is 12.7 Å². The number of anilines is 1. The first-order valence-corrected chi connectivity index (χ1v) is 4.65.